The average Bonchev–Trinajstić information content (AvgIpc) is 2.53. The highest BCUT2D eigenvalue weighted by atomic mass is 32.1. The van der Waals surface area contributed by atoms with Crippen LogP contribution >= 0.6 is 12.2 Å². The van der Waals surface area contributed by atoms with Crippen molar-refractivity contribution in [1.82, 2.24) is 10.7 Å². The van der Waals surface area contributed by atoms with Crippen molar-refractivity contribution < 1.29 is 14.6 Å². The van der Waals surface area contributed by atoms with Gasteiger partial charge >= 0.3 is 0 Å². The number of hydrogen-bond acceptors (Lipinski definition) is 5. The molecule has 0 radical (unpaired) electrons. The molecule has 0 heterocycles. The summed E-state index contributed by atoms with van der Waals surface area (Å²) in [4.78, 5) is 0. The van der Waals surface area contributed by atoms with Gasteiger partial charge in [-0.1, -0.05) is 0 Å². The van der Waals surface area contributed by atoms with E-state index in [9.17, 15) is 5.11 Å². The normalized spacial score (nSPS) is 11.1. The van der Waals surface area contributed by atoms with Crippen molar-refractivity contribution >= 4 is 23.0 Å². The third kappa shape index (κ3) is 6.28. The zero-order chi connectivity index (χ0) is 16.4. The number of nitrogens with zero attached hydrogens (tertiary/aromatic N) is 1. The molecule has 1 aromatic carbocycles. The predicted octanol–water partition coefficient (Wildman–Crippen LogP) is 2.02. The summed E-state index contributed by atoms with van der Waals surface area (Å²) in [5.41, 5.74) is 3.95. The first-order valence-corrected chi connectivity index (χ1v) is 7.52. The summed E-state index contributed by atoms with van der Waals surface area (Å²) in [6, 6.07) is 4.97. The van der Waals surface area contributed by atoms with Gasteiger partial charge in [-0.05, 0) is 50.7 Å². The van der Waals surface area contributed by atoms with Crippen LogP contribution in [0.5, 0.6) is 11.5 Å². The summed E-state index contributed by atoms with van der Waals surface area (Å²) < 4.78 is 10.4. The number of hydrazone groups is 1. The summed E-state index contributed by atoms with van der Waals surface area (Å²) in [7, 11) is 1.57. The summed E-state index contributed by atoms with van der Waals surface area (Å²) in [6.07, 6.45) is 0.870. The van der Waals surface area contributed by atoms with Crippen molar-refractivity contribution in [2.75, 3.05) is 26.9 Å². The Hall–Kier alpha value is -1.86. The fourth-order valence-electron chi connectivity index (χ4n) is 1.69. The SMILES string of the molecule is CCOCCCNC(=S)N/N=C(\C)c1cc(OC)ccc1O. The second-order valence-corrected chi connectivity index (χ2v) is 4.91. The second kappa shape index (κ2) is 9.97. The molecule has 0 saturated carbocycles. The van der Waals surface area contributed by atoms with Crippen LogP contribution in [0.4, 0.5) is 0 Å². The Bertz CT molecular complexity index is 521. The maximum atomic E-state index is 9.86. The topological polar surface area (TPSA) is 75.1 Å². The molecule has 0 bridgehead atoms. The number of benzene rings is 1. The molecular formula is C15H23N3O3S. The van der Waals surface area contributed by atoms with E-state index >= 15 is 0 Å². The Morgan fingerprint density at radius 1 is 1.41 bits per heavy atom. The van der Waals surface area contributed by atoms with Gasteiger partial charge in [-0.3, -0.25) is 5.43 Å². The Labute approximate surface area is 136 Å². The maximum absolute atomic E-state index is 9.86. The number of phenols is 1. The van der Waals surface area contributed by atoms with Crippen LogP contribution in [0.25, 0.3) is 0 Å². The van der Waals surface area contributed by atoms with E-state index in [2.05, 4.69) is 15.8 Å². The van der Waals surface area contributed by atoms with E-state index in [1.807, 2.05) is 6.92 Å². The number of thiocarbonyl (C=S) groups is 1. The third-order valence-corrected chi connectivity index (χ3v) is 3.11. The predicted molar refractivity (Wildman–Crippen MR) is 91.7 cm³/mol. The Morgan fingerprint density at radius 3 is 2.86 bits per heavy atom. The maximum Gasteiger partial charge on any atom is 0.186 e. The van der Waals surface area contributed by atoms with E-state index in [1.54, 1.807) is 32.2 Å². The largest absolute Gasteiger partial charge is 0.507 e. The highest BCUT2D eigenvalue weighted by molar-refractivity contribution is 7.80. The summed E-state index contributed by atoms with van der Waals surface area (Å²) in [5.74, 6) is 0.790. The van der Waals surface area contributed by atoms with Crippen molar-refractivity contribution in [3.05, 3.63) is 23.8 Å². The van der Waals surface area contributed by atoms with Crippen LogP contribution in [0.3, 0.4) is 0 Å². The lowest BCUT2D eigenvalue weighted by atomic mass is 10.1. The Morgan fingerprint density at radius 2 is 2.18 bits per heavy atom. The molecule has 0 aliphatic rings. The van der Waals surface area contributed by atoms with Crippen LogP contribution in [0.2, 0.25) is 0 Å². The van der Waals surface area contributed by atoms with Crippen molar-refractivity contribution in [3.63, 3.8) is 0 Å². The monoisotopic (exact) mass is 325 g/mol. The number of aromatic hydroxyl groups is 1. The third-order valence-electron chi connectivity index (χ3n) is 2.87. The molecule has 6 nitrogen and oxygen atoms in total. The highest BCUT2D eigenvalue weighted by Crippen LogP contribution is 2.23. The lowest BCUT2D eigenvalue weighted by Crippen LogP contribution is -2.33. The minimum absolute atomic E-state index is 0.138. The van der Waals surface area contributed by atoms with Crippen molar-refractivity contribution in [3.8, 4) is 11.5 Å². The van der Waals surface area contributed by atoms with Crippen LogP contribution < -0.4 is 15.5 Å². The van der Waals surface area contributed by atoms with Crippen LogP contribution in [0, 0.1) is 0 Å². The summed E-state index contributed by atoms with van der Waals surface area (Å²) >= 11 is 5.12. The summed E-state index contributed by atoms with van der Waals surface area (Å²) in [5, 5.41) is 17.5. The number of hydrogen-bond donors (Lipinski definition) is 3. The average molecular weight is 325 g/mol. The van der Waals surface area contributed by atoms with E-state index in [1.165, 1.54) is 0 Å². The fraction of sp³-hybridized carbons (Fsp3) is 0.467. The number of methoxy groups -OCH3 is 1. The molecule has 7 heteroatoms. The molecule has 1 rings (SSSR count). The Kier molecular flexibility index (Phi) is 8.24. The van der Waals surface area contributed by atoms with Crippen LogP contribution in [-0.2, 0) is 4.74 Å². The molecule has 22 heavy (non-hydrogen) atoms. The zero-order valence-corrected chi connectivity index (χ0v) is 14.0. The molecule has 0 saturated heterocycles. The second-order valence-electron chi connectivity index (χ2n) is 4.50. The minimum Gasteiger partial charge on any atom is -0.507 e. The molecule has 0 aliphatic heterocycles. The lowest BCUT2D eigenvalue weighted by molar-refractivity contribution is 0.145. The molecule has 122 valence electrons. The van der Waals surface area contributed by atoms with Gasteiger partial charge in [0.15, 0.2) is 5.11 Å². The minimum atomic E-state index is 0.138. The van der Waals surface area contributed by atoms with Crippen LogP contribution in [0.1, 0.15) is 25.8 Å². The number of nitrogens with one attached hydrogen (secondary N) is 2. The molecule has 0 fully saturated rings. The fourth-order valence-corrected chi connectivity index (χ4v) is 1.83. The molecule has 0 atom stereocenters. The molecule has 0 unspecified atom stereocenters. The van der Waals surface area contributed by atoms with Gasteiger partial charge in [-0.2, -0.15) is 5.10 Å². The van der Waals surface area contributed by atoms with Crippen LogP contribution in [-0.4, -0.2) is 42.8 Å². The van der Waals surface area contributed by atoms with Gasteiger partial charge in [0.05, 0.1) is 12.8 Å². The highest BCUT2D eigenvalue weighted by Gasteiger charge is 2.07. The molecular weight excluding hydrogens is 302 g/mol. The van der Waals surface area contributed by atoms with E-state index in [4.69, 9.17) is 21.7 Å². The van der Waals surface area contributed by atoms with Gasteiger partial charge in [-0.25, -0.2) is 0 Å². The van der Waals surface area contributed by atoms with E-state index in [0.29, 0.717) is 35.3 Å². The smallest absolute Gasteiger partial charge is 0.186 e. The molecule has 0 spiro atoms. The Balaban J connectivity index is 2.50. The van der Waals surface area contributed by atoms with Crippen molar-refractivity contribution in [2.45, 2.75) is 20.3 Å². The van der Waals surface area contributed by atoms with E-state index < -0.39 is 0 Å². The first-order chi connectivity index (χ1) is 10.6. The standard InChI is InChI=1S/C15H23N3O3S/c1-4-21-9-5-8-16-15(22)18-17-11(2)13-10-12(20-3)6-7-14(13)19/h6-7,10,19H,4-5,8-9H2,1-3H3,(H2,16,18,22)/b17-11+. The van der Waals surface area contributed by atoms with Gasteiger partial charge in [0.2, 0.25) is 0 Å². The lowest BCUT2D eigenvalue weighted by Gasteiger charge is -2.09. The van der Waals surface area contributed by atoms with E-state index in [0.717, 1.165) is 13.0 Å². The van der Waals surface area contributed by atoms with Gasteiger partial charge in [-0.15, -0.1) is 0 Å². The quantitative estimate of drug-likeness (QED) is 0.294. The zero-order valence-electron chi connectivity index (χ0n) is 13.2. The molecule has 0 amide bonds. The first kappa shape index (κ1) is 18.2. The summed E-state index contributed by atoms with van der Waals surface area (Å²) in [6.45, 7) is 5.87. The van der Waals surface area contributed by atoms with Crippen molar-refractivity contribution in [1.29, 1.82) is 0 Å². The van der Waals surface area contributed by atoms with Gasteiger partial charge in [0, 0.05) is 25.3 Å². The number of phenolic OH excluding ortho intramolecular Hbond substituents is 1. The number of rotatable bonds is 8. The van der Waals surface area contributed by atoms with Crippen LogP contribution in [0.15, 0.2) is 23.3 Å². The van der Waals surface area contributed by atoms with Crippen molar-refractivity contribution in [2.24, 2.45) is 5.10 Å². The van der Waals surface area contributed by atoms with Gasteiger partial charge in [0.25, 0.3) is 0 Å². The molecule has 0 aromatic heterocycles. The molecule has 1 aromatic rings. The molecule has 3 N–H and O–H groups in total. The first-order valence-electron chi connectivity index (χ1n) is 7.11. The number of ether oxygens (including phenoxy) is 2. The van der Waals surface area contributed by atoms with Gasteiger partial charge in [0.1, 0.15) is 11.5 Å². The van der Waals surface area contributed by atoms with E-state index in [-0.39, 0.29) is 5.75 Å². The molecule has 0 aliphatic carbocycles. The van der Waals surface area contributed by atoms with Gasteiger partial charge < -0.3 is 19.9 Å².